The predicted molar refractivity (Wildman–Crippen MR) is 55.2 cm³/mol. The van der Waals surface area contributed by atoms with Gasteiger partial charge in [0.2, 0.25) is 0 Å². The Hall–Kier alpha value is -1.49. The van der Waals surface area contributed by atoms with Crippen LogP contribution in [-0.4, -0.2) is 9.91 Å². The van der Waals surface area contributed by atoms with Gasteiger partial charge in [-0.3, -0.25) is 15.1 Å². The van der Waals surface area contributed by atoms with Crippen molar-refractivity contribution in [2.45, 2.75) is 31.2 Å². The van der Waals surface area contributed by atoms with Crippen LogP contribution in [0.2, 0.25) is 0 Å². The van der Waals surface area contributed by atoms with Crippen LogP contribution >= 0.6 is 0 Å². The van der Waals surface area contributed by atoms with Gasteiger partial charge in [0.25, 0.3) is 5.69 Å². The lowest BCUT2D eigenvalue weighted by Crippen LogP contribution is -2.34. The number of nitrogens with two attached hydrogens (primary N) is 1. The monoisotopic (exact) mass is 207 g/mol. The number of pyridine rings is 1. The molecule has 0 aliphatic heterocycles. The molecule has 1 aliphatic rings. The zero-order valence-electron chi connectivity index (χ0n) is 8.35. The Kier molecular flexibility index (Phi) is 2.40. The Labute approximate surface area is 87.5 Å². The minimum absolute atomic E-state index is 0.0142. The van der Waals surface area contributed by atoms with E-state index in [1.165, 1.54) is 12.3 Å². The molecule has 0 aromatic carbocycles. The summed E-state index contributed by atoms with van der Waals surface area (Å²) in [6, 6.07) is 3.14. The summed E-state index contributed by atoms with van der Waals surface area (Å²) in [5.74, 6) is 0. The summed E-state index contributed by atoms with van der Waals surface area (Å²) in [5.41, 5.74) is 6.59. The van der Waals surface area contributed by atoms with Crippen LogP contribution in [0.1, 0.15) is 31.4 Å². The number of hydrogen-bond donors (Lipinski definition) is 1. The van der Waals surface area contributed by atoms with Crippen LogP contribution < -0.4 is 5.73 Å². The van der Waals surface area contributed by atoms with Crippen LogP contribution in [0.15, 0.2) is 18.3 Å². The molecular weight excluding hydrogens is 194 g/mol. The summed E-state index contributed by atoms with van der Waals surface area (Å²) in [6.07, 6.45) is 5.32. The zero-order chi connectivity index (χ0) is 10.9. The highest BCUT2D eigenvalue weighted by Gasteiger charge is 2.32. The molecule has 1 aromatic rings. The van der Waals surface area contributed by atoms with Gasteiger partial charge in [-0.25, -0.2) is 0 Å². The molecule has 2 N–H and O–H groups in total. The molecule has 0 radical (unpaired) electrons. The standard InChI is InChI=1S/C10H13N3O2/c11-10(5-1-2-6-10)9-4-3-8(7-12-9)13(14)15/h3-4,7H,1-2,5-6,11H2. The lowest BCUT2D eigenvalue weighted by molar-refractivity contribution is -0.385. The molecule has 1 fully saturated rings. The van der Waals surface area contributed by atoms with E-state index in [1.54, 1.807) is 6.07 Å². The molecule has 1 aliphatic carbocycles. The number of nitrogens with zero attached hydrogens (tertiary/aromatic N) is 2. The molecule has 0 atom stereocenters. The fraction of sp³-hybridized carbons (Fsp3) is 0.500. The SMILES string of the molecule is NC1(c2ccc([N+](=O)[O-])cn2)CCCC1. The molecule has 0 bridgehead atoms. The van der Waals surface area contributed by atoms with Crippen molar-refractivity contribution < 1.29 is 4.92 Å². The van der Waals surface area contributed by atoms with Crippen molar-refractivity contribution in [2.24, 2.45) is 5.73 Å². The van der Waals surface area contributed by atoms with Gasteiger partial charge in [-0.2, -0.15) is 0 Å². The van der Waals surface area contributed by atoms with Gasteiger partial charge < -0.3 is 5.73 Å². The second-order valence-electron chi connectivity index (χ2n) is 4.02. The van der Waals surface area contributed by atoms with E-state index in [0.29, 0.717) is 0 Å². The summed E-state index contributed by atoms with van der Waals surface area (Å²) in [7, 11) is 0. The smallest absolute Gasteiger partial charge is 0.287 e. The second-order valence-corrected chi connectivity index (χ2v) is 4.02. The van der Waals surface area contributed by atoms with Gasteiger partial charge >= 0.3 is 0 Å². The summed E-state index contributed by atoms with van der Waals surface area (Å²) in [6.45, 7) is 0. The molecule has 0 spiro atoms. The maximum atomic E-state index is 10.4. The highest BCUT2D eigenvalue weighted by atomic mass is 16.6. The van der Waals surface area contributed by atoms with Crippen molar-refractivity contribution >= 4 is 5.69 Å². The fourth-order valence-corrected chi connectivity index (χ4v) is 2.05. The minimum Gasteiger partial charge on any atom is -0.320 e. The van der Waals surface area contributed by atoms with E-state index in [-0.39, 0.29) is 11.2 Å². The van der Waals surface area contributed by atoms with Gasteiger partial charge in [-0.05, 0) is 18.9 Å². The van der Waals surface area contributed by atoms with E-state index < -0.39 is 4.92 Å². The first-order valence-electron chi connectivity index (χ1n) is 5.02. The number of aromatic nitrogens is 1. The third-order valence-corrected chi connectivity index (χ3v) is 2.96. The first kappa shape index (κ1) is 10.0. The summed E-state index contributed by atoms with van der Waals surface area (Å²) < 4.78 is 0. The van der Waals surface area contributed by atoms with Crippen molar-refractivity contribution in [1.82, 2.24) is 4.98 Å². The van der Waals surface area contributed by atoms with Gasteiger partial charge in [-0.15, -0.1) is 0 Å². The van der Waals surface area contributed by atoms with E-state index in [9.17, 15) is 10.1 Å². The summed E-state index contributed by atoms with van der Waals surface area (Å²) in [5, 5.41) is 10.4. The van der Waals surface area contributed by atoms with Crippen LogP contribution in [0.5, 0.6) is 0 Å². The number of nitro groups is 1. The molecule has 5 nitrogen and oxygen atoms in total. The molecule has 2 rings (SSSR count). The van der Waals surface area contributed by atoms with Gasteiger partial charge in [-0.1, -0.05) is 12.8 Å². The highest BCUT2D eigenvalue weighted by Crippen LogP contribution is 2.35. The van der Waals surface area contributed by atoms with E-state index in [2.05, 4.69) is 4.98 Å². The minimum atomic E-state index is -0.450. The quantitative estimate of drug-likeness (QED) is 0.591. The Morgan fingerprint density at radius 2 is 2.07 bits per heavy atom. The van der Waals surface area contributed by atoms with Crippen molar-refractivity contribution in [3.8, 4) is 0 Å². The third kappa shape index (κ3) is 1.83. The molecule has 1 heterocycles. The topological polar surface area (TPSA) is 82.0 Å². The second kappa shape index (κ2) is 3.58. The molecule has 5 heteroatoms. The lowest BCUT2D eigenvalue weighted by Gasteiger charge is -2.22. The number of rotatable bonds is 2. The molecule has 80 valence electrons. The van der Waals surface area contributed by atoms with Crippen LogP contribution in [0.25, 0.3) is 0 Å². The Morgan fingerprint density at radius 3 is 2.53 bits per heavy atom. The Balaban J connectivity index is 2.26. The van der Waals surface area contributed by atoms with Crippen LogP contribution in [-0.2, 0) is 5.54 Å². The van der Waals surface area contributed by atoms with E-state index in [1.807, 2.05) is 0 Å². The third-order valence-electron chi connectivity index (χ3n) is 2.96. The molecule has 1 saturated carbocycles. The van der Waals surface area contributed by atoms with Crippen LogP contribution in [0.4, 0.5) is 5.69 Å². The molecule has 0 saturated heterocycles. The molecular formula is C10H13N3O2. The maximum absolute atomic E-state index is 10.4. The largest absolute Gasteiger partial charge is 0.320 e. The molecule has 0 amide bonds. The van der Waals surface area contributed by atoms with E-state index in [4.69, 9.17) is 5.73 Å². The average Bonchev–Trinajstić information content (AvgIpc) is 2.67. The Bertz CT molecular complexity index is 369. The normalized spacial score (nSPS) is 19.0. The number of hydrogen-bond acceptors (Lipinski definition) is 4. The van der Waals surface area contributed by atoms with E-state index in [0.717, 1.165) is 31.4 Å². The zero-order valence-corrected chi connectivity index (χ0v) is 8.35. The van der Waals surface area contributed by atoms with Crippen molar-refractivity contribution in [3.63, 3.8) is 0 Å². The fourth-order valence-electron chi connectivity index (χ4n) is 2.05. The van der Waals surface area contributed by atoms with Crippen LogP contribution in [0, 0.1) is 10.1 Å². The molecule has 0 unspecified atom stereocenters. The van der Waals surface area contributed by atoms with Gasteiger partial charge in [0.15, 0.2) is 0 Å². The molecule has 1 aromatic heterocycles. The van der Waals surface area contributed by atoms with E-state index >= 15 is 0 Å². The van der Waals surface area contributed by atoms with Crippen molar-refractivity contribution in [1.29, 1.82) is 0 Å². The maximum Gasteiger partial charge on any atom is 0.287 e. The van der Waals surface area contributed by atoms with Gasteiger partial charge in [0.1, 0.15) is 6.20 Å². The lowest BCUT2D eigenvalue weighted by atomic mass is 9.94. The molecule has 15 heavy (non-hydrogen) atoms. The summed E-state index contributed by atoms with van der Waals surface area (Å²) in [4.78, 5) is 14.1. The van der Waals surface area contributed by atoms with Gasteiger partial charge in [0, 0.05) is 6.07 Å². The summed E-state index contributed by atoms with van der Waals surface area (Å²) >= 11 is 0. The van der Waals surface area contributed by atoms with Crippen molar-refractivity contribution in [3.05, 3.63) is 34.1 Å². The van der Waals surface area contributed by atoms with Crippen LogP contribution in [0.3, 0.4) is 0 Å². The van der Waals surface area contributed by atoms with Gasteiger partial charge in [0.05, 0.1) is 16.2 Å². The Morgan fingerprint density at radius 1 is 1.40 bits per heavy atom. The predicted octanol–water partition coefficient (Wildman–Crippen LogP) is 1.72. The first-order valence-corrected chi connectivity index (χ1v) is 5.02. The van der Waals surface area contributed by atoms with Crippen molar-refractivity contribution in [2.75, 3.05) is 0 Å². The average molecular weight is 207 g/mol. The first-order chi connectivity index (χ1) is 7.12. The highest BCUT2D eigenvalue weighted by molar-refractivity contribution is 5.29.